The fraction of sp³-hybridized carbons (Fsp3) is 0.250. The van der Waals surface area contributed by atoms with E-state index in [1.807, 2.05) is 0 Å². The van der Waals surface area contributed by atoms with Crippen LogP contribution in [0.3, 0.4) is 0 Å². The van der Waals surface area contributed by atoms with Crippen molar-refractivity contribution in [2.24, 2.45) is 0 Å². The minimum Gasteiger partial charge on any atom is -0.481 e. The van der Waals surface area contributed by atoms with E-state index in [0.29, 0.717) is 5.13 Å². The van der Waals surface area contributed by atoms with Crippen LogP contribution in [-0.2, 0) is 11.0 Å². The predicted octanol–water partition coefficient (Wildman–Crippen LogP) is 2.96. The van der Waals surface area contributed by atoms with Crippen molar-refractivity contribution in [3.63, 3.8) is 0 Å². The smallest absolute Gasteiger partial charge is 0.416 e. The van der Waals surface area contributed by atoms with Crippen LogP contribution >= 0.6 is 11.3 Å². The molecular weight excluding hydrogens is 307 g/mol. The highest BCUT2D eigenvalue weighted by Crippen LogP contribution is 2.31. The Balaban J connectivity index is 2.02. The Morgan fingerprint density at radius 3 is 2.81 bits per heavy atom. The molecule has 0 fully saturated rings. The van der Waals surface area contributed by atoms with Crippen molar-refractivity contribution in [2.75, 3.05) is 5.32 Å². The number of nitrogens with one attached hydrogen (secondary N) is 1. The van der Waals surface area contributed by atoms with E-state index in [4.69, 9.17) is 4.74 Å². The number of benzene rings is 1. The lowest BCUT2D eigenvalue weighted by Crippen LogP contribution is -2.30. The molecule has 0 aliphatic rings. The zero-order chi connectivity index (χ0) is 15.5. The van der Waals surface area contributed by atoms with Gasteiger partial charge in [0.15, 0.2) is 6.10 Å². The normalized spacial score (nSPS) is 12.8. The van der Waals surface area contributed by atoms with Crippen molar-refractivity contribution in [2.45, 2.75) is 19.2 Å². The highest BCUT2D eigenvalue weighted by Gasteiger charge is 2.30. The van der Waals surface area contributed by atoms with Gasteiger partial charge >= 0.3 is 6.18 Å². The third kappa shape index (κ3) is 4.15. The van der Waals surface area contributed by atoms with Crippen LogP contribution in [0.1, 0.15) is 12.5 Å². The van der Waals surface area contributed by atoms with Crippen molar-refractivity contribution in [1.82, 2.24) is 10.2 Å². The summed E-state index contributed by atoms with van der Waals surface area (Å²) in [6.45, 7) is 1.43. The van der Waals surface area contributed by atoms with Gasteiger partial charge in [0.1, 0.15) is 11.3 Å². The zero-order valence-corrected chi connectivity index (χ0v) is 11.5. The van der Waals surface area contributed by atoms with Gasteiger partial charge in [-0.2, -0.15) is 13.2 Å². The Hall–Kier alpha value is -2.16. The third-order valence-corrected chi connectivity index (χ3v) is 3.04. The molecule has 0 aliphatic heterocycles. The van der Waals surface area contributed by atoms with Gasteiger partial charge < -0.3 is 4.74 Å². The molecule has 1 unspecified atom stereocenters. The van der Waals surface area contributed by atoms with Gasteiger partial charge in [-0.1, -0.05) is 17.4 Å². The van der Waals surface area contributed by atoms with Crippen LogP contribution < -0.4 is 10.1 Å². The van der Waals surface area contributed by atoms with Crippen LogP contribution in [0.4, 0.5) is 18.3 Å². The number of hydrogen-bond acceptors (Lipinski definition) is 5. The van der Waals surface area contributed by atoms with Crippen molar-refractivity contribution < 1.29 is 22.7 Å². The topological polar surface area (TPSA) is 64.1 Å². The number of carbonyl (C=O) groups is 1. The Labute approximate surface area is 121 Å². The number of rotatable bonds is 4. The number of alkyl halides is 3. The van der Waals surface area contributed by atoms with E-state index in [0.717, 1.165) is 23.5 Å². The number of amides is 1. The molecule has 1 amide bonds. The molecule has 1 heterocycles. The van der Waals surface area contributed by atoms with Gasteiger partial charge in [-0.25, -0.2) is 0 Å². The first-order valence-corrected chi connectivity index (χ1v) is 6.65. The summed E-state index contributed by atoms with van der Waals surface area (Å²) in [4.78, 5) is 11.8. The Bertz CT molecular complexity index is 616. The monoisotopic (exact) mass is 317 g/mol. The fourth-order valence-corrected chi connectivity index (χ4v) is 1.89. The number of nitrogens with zero attached hydrogens (tertiary/aromatic N) is 2. The lowest BCUT2D eigenvalue weighted by molar-refractivity contribution is -0.137. The second kappa shape index (κ2) is 6.08. The van der Waals surface area contributed by atoms with Crippen molar-refractivity contribution in [3.8, 4) is 5.75 Å². The summed E-state index contributed by atoms with van der Waals surface area (Å²) < 4.78 is 42.9. The van der Waals surface area contributed by atoms with Gasteiger partial charge in [0.2, 0.25) is 5.13 Å². The number of ether oxygens (including phenoxy) is 1. The summed E-state index contributed by atoms with van der Waals surface area (Å²) in [5.74, 6) is -0.561. The predicted molar refractivity (Wildman–Crippen MR) is 70.1 cm³/mol. The van der Waals surface area contributed by atoms with Crippen molar-refractivity contribution in [3.05, 3.63) is 35.3 Å². The number of carbonyl (C=O) groups excluding carboxylic acids is 1. The maximum atomic E-state index is 12.6. The molecule has 0 spiro atoms. The van der Waals surface area contributed by atoms with Crippen LogP contribution in [0.2, 0.25) is 0 Å². The molecule has 1 aromatic carbocycles. The molecule has 2 rings (SSSR count). The average Bonchev–Trinajstić information content (AvgIpc) is 2.91. The first-order valence-electron chi connectivity index (χ1n) is 5.77. The maximum Gasteiger partial charge on any atom is 0.416 e. The van der Waals surface area contributed by atoms with Gasteiger partial charge in [0, 0.05) is 0 Å². The summed E-state index contributed by atoms with van der Waals surface area (Å²) >= 11 is 1.12. The minimum absolute atomic E-state index is 0.0373. The second-order valence-electron chi connectivity index (χ2n) is 4.02. The molecule has 0 aliphatic carbocycles. The lowest BCUT2D eigenvalue weighted by Gasteiger charge is -2.15. The van der Waals surface area contributed by atoms with Crippen LogP contribution in [0, 0.1) is 0 Å². The van der Waals surface area contributed by atoms with E-state index in [2.05, 4.69) is 15.5 Å². The summed E-state index contributed by atoms with van der Waals surface area (Å²) in [5, 5.41) is 9.91. The first-order chi connectivity index (χ1) is 9.86. The van der Waals surface area contributed by atoms with Crippen LogP contribution in [0.25, 0.3) is 0 Å². The highest BCUT2D eigenvalue weighted by molar-refractivity contribution is 7.13. The molecule has 1 N–H and O–H groups in total. The van der Waals surface area contributed by atoms with E-state index in [9.17, 15) is 18.0 Å². The second-order valence-corrected chi connectivity index (χ2v) is 4.85. The molecule has 112 valence electrons. The summed E-state index contributed by atoms with van der Waals surface area (Å²) in [6.07, 6.45) is -5.44. The highest BCUT2D eigenvalue weighted by atomic mass is 32.1. The molecule has 0 saturated carbocycles. The summed E-state index contributed by atoms with van der Waals surface area (Å²) in [6, 6.07) is 4.34. The van der Waals surface area contributed by atoms with Crippen molar-refractivity contribution in [1.29, 1.82) is 0 Å². The molecule has 0 bridgehead atoms. The standard InChI is InChI=1S/C12H10F3N3O2S/c1-7(10(19)17-11-18-16-6-21-11)20-9-4-2-3-8(5-9)12(13,14)15/h2-7H,1H3,(H,17,18,19). The molecule has 0 radical (unpaired) electrons. The van der Waals surface area contributed by atoms with Gasteiger partial charge in [-0.3, -0.25) is 10.1 Å². The van der Waals surface area contributed by atoms with E-state index < -0.39 is 23.8 Å². The number of aromatic nitrogens is 2. The van der Waals surface area contributed by atoms with Crippen molar-refractivity contribution >= 4 is 22.4 Å². The molecule has 21 heavy (non-hydrogen) atoms. The molecule has 0 saturated heterocycles. The van der Waals surface area contributed by atoms with Gasteiger partial charge in [0.05, 0.1) is 5.56 Å². The minimum atomic E-state index is -4.46. The number of hydrogen-bond donors (Lipinski definition) is 1. The Morgan fingerprint density at radius 1 is 1.43 bits per heavy atom. The molecule has 5 nitrogen and oxygen atoms in total. The number of anilines is 1. The van der Waals surface area contributed by atoms with E-state index in [1.165, 1.54) is 24.6 Å². The van der Waals surface area contributed by atoms with Crippen LogP contribution in [0.15, 0.2) is 29.8 Å². The summed E-state index contributed by atoms with van der Waals surface area (Å²) in [5.41, 5.74) is 0.602. The van der Waals surface area contributed by atoms with E-state index in [1.54, 1.807) is 0 Å². The van der Waals surface area contributed by atoms with E-state index in [-0.39, 0.29) is 5.75 Å². The Morgan fingerprint density at radius 2 is 2.19 bits per heavy atom. The molecule has 9 heteroatoms. The SMILES string of the molecule is CC(Oc1cccc(C(F)(F)F)c1)C(=O)Nc1nncs1. The molecular formula is C12H10F3N3O2S. The maximum absolute atomic E-state index is 12.6. The number of halogens is 3. The zero-order valence-electron chi connectivity index (χ0n) is 10.7. The lowest BCUT2D eigenvalue weighted by atomic mass is 10.2. The largest absolute Gasteiger partial charge is 0.481 e. The molecule has 2 aromatic rings. The fourth-order valence-electron chi connectivity index (χ4n) is 1.44. The quantitative estimate of drug-likeness (QED) is 0.941. The first kappa shape index (κ1) is 15.2. The van der Waals surface area contributed by atoms with Crippen LogP contribution in [-0.4, -0.2) is 22.2 Å². The Kier molecular flexibility index (Phi) is 4.41. The van der Waals surface area contributed by atoms with E-state index >= 15 is 0 Å². The van der Waals surface area contributed by atoms with Gasteiger partial charge in [0.25, 0.3) is 5.91 Å². The van der Waals surface area contributed by atoms with Crippen LogP contribution in [0.5, 0.6) is 5.75 Å². The third-order valence-electron chi connectivity index (χ3n) is 2.43. The average molecular weight is 317 g/mol. The summed E-state index contributed by atoms with van der Waals surface area (Å²) in [7, 11) is 0. The van der Waals surface area contributed by atoms with Gasteiger partial charge in [-0.15, -0.1) is 10.2 Å². The van der Waals surface area contributed by atoms with Gasteiger partial charge in [-0.05, 0) is 25.1 Å². The molecule has 1 aromatic heterocycles. The molecule has 1 atom stereocenters.